The first kappa shape index (κ1) is 21.7. The van der Waals surface area contributed by atoms with Gasteiger partial charge in [0.05, 0.1) is 6.26 Å². The van der Waals surface area contributed by atoms with Gasteiger partial charge in [0.15, 0.2) is 0 Å². The number of benzene rings is 2. The van der Waals surface area contributed by atoms with Gasteiger partial charge in [0.1, 0.15) is 0 Å². The molecule has 1 amide bonds. The number of nitrogens with one attached hydrogen (secondary N) is 2. The Kier molecular flexibility index (Phi) is 8.22. The van der Waals surface area contributed by atoms with Crippen molar-refractivity contribution in [1.82, 2.24) is 10.2 Å². The van der Waals surface area contributed by atoms with Crippen molar-refractivity contribution in [2.24, 2.45) is 0 Å². The summed E-state index contributed by atoms with van der Waals surface area (Å²) in [5.41, 5.74) is 2.58. The predicted molar refractivity (Wildman–Crippen MR) is 114 cm³/mol. The molecule has 0 spiro atoms. The molecule has 0 bridgehead atoms. The minimum absolute atomic E-state index is 0.149. The van der Waals surface area contributed by atoms with Crippen LogP contribution in [-0.2, 0) is 21.4 Å². The molecule has 2 aromatic rings. The van der Waals surface area contributed by atoms with Crippen molar-refractivity contribution in [2.45, 2.75) is 13.0 Å². The second-order valence-corrected chi connectivity index (χ2v) is 8.45. The van der Waals surface area contributed by atoms with Crippen molar-refractivity contribution < 1.29 is 13.2 Å². The van der Waals surface area contributed by atoms with Crippen LogP contribution in [0.15, 0.2) is 60.7 Å². The molecule has 0 heterocycles. The number of nitrogens with zero attached hydrogens (tertiary/aromatic N) is 1. The van der Waals surface area contributed by atoms with E-state index in [1.807, 2.05) is 18.2 Å². The summed E-state index contributed by atoms with van der Waals surface area (Å²) < 4.78 is 24.8. The number of carbonyl (C=O) groups is 1. The number of hydrogen-bond donors (Lipinski definition) is 2. The molecule has 0 saturated carbocycles. The van der Waals surface area contributed by atoms with Gasteiger partial charge in [-0.05, 0) is 49.3 Å². The average molecular weight is 402 g/mol. The second-order valence-electron chi connectivity index (χ2n) is 6.70. The van der Waals surface area contributed by atoms with Crippen molar-refractivity contribution in [3.8, 4) is 0 Å². The Hall–Kier alpha value is -2.64. The number of sulfonamides is 1. The third kappa shape index (κ3) is 8.83. The highest BCUT2D eigenvalue weighted by atomic mass is 32.2. The standard InChI is InChI=1S/C21H27N3O3S/c1-24(17-19-7-4-3-5-8-19)16-6-15-22-21(25)14-11-18-9-12-20(13-10-18)23-28(2,26)27/h3-5,7-14,23H,6,15-17H2,1-2H3,(H,22,25)/b14-11+. The Labute approximate surface area is 167 Å². The molecule has 7 heteroatoms. The lowest BCUT2D eigenvalue weighted by atomic mass is 10.2. The van der Waals surface area contributed by atoms with Gasteiger partial charge >= 0.3 is 0 Å². The summed E-state index contributed by atoms with van der Waals surface area (Å²) in [6.07, 6.45) is 5.15. The van der Waals surface area contributed by atoms with Crippen molar-refractivity contribution >= 4 is 27.7 Å². The van der Waals surface area contributed by atoms with Crippen molar-refractivity contribution in [3.05, 3.63) is 71.8 Å². The topological polar surface area (TPSA) is 78.5 Å². The maximum absolute atomic E-state index is 11.9. The van der Waals surface area contributed by atoms with Gasteiger partial charge in [0.2, 0.25) is 15.9 Å². The van der Waals surface area contributed by atoms with Gasteiger partial charge in [-0.25, -0.2) is 8.42 Å². The number of rotatable bonds is 10. The summed E-state index contributed by atoms with van der Waals surface area (Å²) in [4.78, 5) is 14.1. The highest BCUT2D eigenvalue weighted by Crippen LogP contribution is 2.11. The van der Waals surface area contributed by atoms with Crippen LogP contribution in [0.1, 0.15) is 17.5 Å². The van der Waals surface area contributed by atoms with Crippen LogP contribution < -0.4 is 10.0 Å². The van der Waals surface area contributed by atoms with Crippen LogP contribution in [0.25, 0.3) is 6.08 Å². The fourth-order valence-corrected chi connectivity index (χ4v) is 3.21. The maximum Gasteiger partial charge on any atom is 0.243 e. The van der Waals surface area contributed by atoms with Gasteiger partial charge < -0.3 is 10.2 Å². The molecule has 0 aliphatic carbocycles. The fraction of sp³-hybridized carbons (Fsp3) is 0.286. The van der Waals surface area contributed by atoms with Crippen LogP contribution in [0.5, 0.6) is 0 Å². The Morgan fingerprint density at radius 1 is 1.07 bits per heavy atom. The first-order valence-electron chi connectivity index (χ1n) is 9.08. The summed E-state index contributed by atoms with van der Waals surface area (Å²) in [6, 6.07) is 17.1. The number of carbonyl (C=O) groups excluding carboxylic acids is 1. The van der Waals surface area contributed by atoms with Gasteiger partial charge in [-0.1, -0.05) is 42.5 Å². The third-order valence-electron chi connectivity index (χ3n) is 3.95. The molecule has 28 heavy (non-hydrogen) atoms. The number of amides is 1. The van der Waals surface area contributed by atoms with E-state index in [1.165, 1.54) is 11.6 Å². The lowest BCUT2D eigenvalue weighted by Gasteiger charge is -2.16. The minimum Gasteiger partial charge on any atom is -0.353 e. The third-order valence-corrected chi connectivity index (χ3v) is 4.56. The van der Waals surface area contributed by atoms with Crippen LogP contribution in [-0.4, -0.2) is 45.6 Å². The lowest BCUT2D eigenvalue weighted by molar-refractivity contribution is -0.116. The van der Waals surface area contributed by atoms with E-state index in [2.05, 4.69) is 34.1 Å². The van der Waals surface area contributed by atoms with E-state index in [0.717, 1.165) is 31.3 Å². The Bertz CT molecular complexity index is 879. The Morgan fingerprint density at radius 2 is 1.75 bits per heavy atom. The second kappa shape index (κ2) is 10.6. The quantitative estimate of drug-likeness (QED) is 0.474. The van der Waals surface area contributed by atoms with E-state index in [0.29, 0.717) is 12.2 Å². The summed E-state index contributed by atoms with van der Waals surface area (Å²) in [6.45, 7) is 2.39. The van der Waals surface area contributed by atoms with Crippen molar-refractivity contribution in [1.29, 1.82) is 0 Å². The first-order valence-corrected chi connectivity index (χ1v) is 11.0. The monoisotopic (exact) mass is 401 g/mol. The molecule has 0 atom stereocenters. The van der Waals surface area contributed by atoms with E-state index < -0.39 is 10.0 Å². The normalized spacial score (nSPS) is 11.7. The summed E-state index contributed by atoms with van der Waals surface area (Å²) in [5.74, 6) is -0.149. The summed E-state index contributed by atoms with van der Waals surface area (Å²) in [5, 5.41) is 2.87. The van der Waals surface area contributed by atoms with Crippen molar-refractivity contribution in [2.75, 3.05) is 31.1 Å². The smallest absolute Gasteiger partial charge is 0.243 e. The van der Waals surface area contributed by atoms with Crippen LogP contribution in [0.3, 0.4) is 0 Å². The first-order chi connectivity index (χ1) is 13.3. The van der Waals surface area contributed by atoms with Crippen LogP contribution in [0, 0.1) is 0 Å². The summed E-state index contributed by atoms with van der Waals surface area (Å²) >= 11 is 0. The Balaban J connectivity index is 1.67. The molecule has 0 aliphatic rings. The highest BCUT2D eigenvalue weighted by molar-refractivity contribution is 7.92. The van der Waals surface area contributed by atoms with Gasteiger partial charge in [-0.15, -0.1) is 0 Å². The van der Waals surface area contributed by atoms with E-state index in [9.17, 15) is 13.2 Å². The molecule has 2 N–H and O–H groups in total. The zero-order valence-electron chi connectivity index (χ0n) is 16.3. The largest absolute Gasteiger partial charge is 0.353 e. The molecular weight excluding hydrogens is 374 g/mol. The molecule has 6 nitrogen and oxygen atoms in total. The molecule has 150 valence electrons. The van der Waals surface area contributed by atoms with Crippen molar-refractivity contribution in [3.63, 3.8) is 0 Å². The van der Waals surface area contributed by atoms with Crippen LogP contribution in [0.4, 0.5) is 5.69 Å². The number of anilines is 1. The zero-order chi connectivity index (χ0) is 20.4. The van der Waals surface area contributed by atoms with Gasteiger partial charge in [0.25, 0.3) is 0 Å². The predicted octanol–water partition coefficient (Wildman–Crippen LogP) is 2.71. The van der Waals surface area contributed by atoms with Gasteiger partial charge in [-0.2, -0.15) is 0 Å². The SMILES string of the molecule is CN(CCCNC(=O)/C=C/c1ccc(NS(C)(=O)=O)cc1)Cc1ccccc1. The van der Waals surface area contributed by atoms with Crippen LogP contribution >= 0.6 is 0 Å². The molecule has 0 unspecified atom stereocenters. The fourth-order valence-electron chi connectivity index (χ4n) is 2.64. The molecule has 2 aromatic carbocycles. The molecule has 0 fully saturated rings. The van der Waals surface area contributed by atoms with E-state index in [-0.39, 0.29) is 5.91 Å². The molecule has 0 aromatic heterocycles. The molecular formula is C21H27N3O3S. The molecule has 0 aliphatic heterocycles. The van der Waals surface area contributed by atoms with E-state index in [4.69, 9.17) is 0 Å². The molecule has 0 saturated heterocycles. The Morgan fingerprint density at radius 3 is 2.39 bits per heavy atom. The maximum atomic E-state index is 11.9. The van der Waals surface area contributed by atoms with E-state index >= 15 is 0 Å². The minimum atomic E-state index is -3.29. The van der Waals surface area contributed by atoms with Crippen LogP contribution in [0.2, 0.25) is 0 Å². The highest BCUT2D eigenvalue weighted by Gasteiger charge is 2.02. The lowest BCUT2D eigenvalue weighted by Crippen LogP contribution is -2.26. The zero-order valence-corrected chi connectivity index (χ0v) is 17.1. The molecule has 2 rings (SSSR count). The average Bonchev–Trinajstić information content (AvgIpc) is 2.64. The molecule has 0 radical (unpaired) electrons. The van der Waals surface area contributed by atoms with E-state index in [1.54, 1.807) is 30.3 Å². The van der Waals surface area contributed by atoms with Gasteiger partial charge in [-0.3, -0.25) is 9.52 Å². The van der Waals surface area contributed by atoms with Gasteiger partial charge in [0, 0.05) is 24.9 Å². The number of hydrogen-bond acceptors (Lipinski definition) is 4. The summed E-state index contributed by atoms with van der Waals surface area (Å²) in [7, 11) is -1.22.